The Kier molecular flexibility index (Phi) is 8.75. The fourth-order valence-corrected chi connectivity index (χ4v) is 1.35. The summed E-state index contributed by atoms with van der Waals surface area (Å²) in [6, 6.07) is -0.340. The third kappa shape index (κ3) is 6.45. The summed E-state index contributed by atoms with van der Waals surface area (Å²) in [6.07, 6.45) is 0.887. The summed E-state index contributed by atoms with van der Waals surface area (Å²) in [4.78, 5) is 22.8. The van der Waals surface area contributed by atoms with E-state index in [2.05, 4.69) is 16.0 Å². The van der Waals surface area contributed by atoms with Crippen LogP contribution in [0.2, 0.25) is 0 Å². The van der Waals surface area contributed by atoms with E-state index >= 15 is 0 Å². The van der Waals surface area contributed by atoms with Crippen LogP contribution in [0.5, 0.6) is 0 Å². The monoisotopic (exact) mass is 265 g/mol. The van der Waals surface area contributed by atoms with Gasteiger partial charge in [0.2, 0.25) is 11.8 Å². The fourth-order valence-electron chi connectivity index (χ4n) is 1.35. The predicted molar refractivity (Wildman–Crippen MR) is 66.2 cm³/mol. The Balaban J connectivity index is 0.00000256. The minimum Gasteiger partial charge on any atom is -0.378 e. The van der Waals surface area contributed by atoms with Gasteiger partial charge in [-0.3, -0.25) is 9.59 Å². The molecule has 1 atom stereocenters. The van der Waals surface area contributed by atoms with Crippen LogP contribution in [-0.4, -0.2) is 50.7 Å². The highest BCUT2D eigenvalue weighted by molar-refractivity contribution is 5.87. The molecule has 1 rings (SSSR count). The molecule has 1 heterocycles. The maximum Gasteiger partial charge on any atom is 0.239 e. The van der Waals surface area contributed by atoms with E-state index in [4.69, 9.17) is 4.74 Å². The highest BCUT2D eigenvalue weighted by Crippen LogP contribution is 1.92. The second-order valence-corrected chi connectivity index (χ2v) is 3.65. The predicted octanol–water partition coefficient (Wildman–Crippen LogP) is -0.961. The number of hydrogen-bond donors (Lipinski definition) is 3. The van der Waals surface area contributed by atoms with Gasteiger partial charge < -0.3 is 20.7 Å². The summed E-state index contributed by atoms with van der Waals surface area (Å²) in [7, 11) is 0. The summed E-state index contributed by atoms with van der Waals surface area (Å²) in [6.45, 7) is 4.29. The summed E-state index contributed by atoms with van der Waals surface area (Å²) >= 11 is 0. The standard InChI is InChI=1S/C10H19N3O3.ClH/c1-2-3-12-9(14)6-13-10(15)8-7-16-5-4-11-8;/h8,11H,2-7H2,1H3,(H,12,14)(H,13,15);1H. The molecule has 0 radical (unpaired) electrons. The minimum absolute atomic E-state index is 0. The molecular formula is C10H20ClN3O3. The minimum atomic E-state index is -0.340. The van der Waals surface area contributed by atoms with Crippen LogP contribution in [0.25, 0.3) is 0 Å². The molecule has 1 aliphatic heterocycles. The zero-order valence-electron chi connectivity index (χ0n) is 9.95. The Morgan fingerprint density at radius 3 is 2.76 bits per heavy atom. The number of carbonyl (C=O) groups is 2. The lowest BCUT2D eigenvalue weighted by molar-refractivity contribution is -0.129. The molecule has 1 unspecified atom stereocenters. The van der Waals surface area contributed by atoms with Gasteiger partial charge in [0, 0.05) is 13.1 Å². The highest BCUT2D eigenvalue weighted by Gasteiger charge is 2.21. The fraction of sp³-hybridized carbons (Fsp3) is 0.800. The van der Waals surface area contributed by atoms with Gasteiger partial charge in [0.15, 0.2) is 0 Å². The Labute approximate surface area is 107 Å². The number of morpholine rings is 1. The quantitative estimate of drug-likeness (QED) is 0.598. The molecule has 1 saturated heterocycles. The molecule has 0 aromatic carbocycles. The van der Waals surface area contributed by atoms with Gasteiger partial charge >= 0.3 is 0 Å². The molecule has 0 aromatic rings. The van der Waals surface area contributed by atoms with Crippen molar-refractivity contribution in [2.75, 3.05) is 32.8 Å². The highest BCUT2D eigenvalue weighted by atomic mass is 35.5. The molecule has 0 saturated carbocycles. The van der Waals surface area contributed by atoms with E-state index in [1.54, 1.807) is 0 Å². The molecule has 0 aliphatic carbocycles. The van der Waals surface area contributed by atoms with Gasteiger partial charge in [-0.15, -0.1) is 12.4 Å². The Morgan fingerprint density at radius 1 is 1.41 bits per heavy atom. The van der Waals surface area contributed by atoms with Crippen molar-refractivity contribution in [3.8, 4) is 0 Å². The van der Waals surface area contributed by atoms with Gasteiger partial charge in [-0.05, 0) is 6.42 Å². The van der Waals surface area contributed by atoms with Crippen LogP contribution in [0.15, 0.2) is 0 Å². The van der Waals surface area contributed by atoms with Crippen molar-refractivity contribution in [1.82, 2.24) is 16.0 Å². The first kappa shape index (κ1) is 16.1. The summed E-state index contributed by atoms with van der Waals surface area (Å²) in [5, 5.41) is 8.27. The molecular weight excluding hydrogens is 246 g/mol. The third-order valence-corrected chi connectivity index (χ3v) is 2.23. The average molecular weight is 266 g/mol. The van der Waals surface area contributed by atoms with Crippen LogP contribution >= 0.6 is 12.4 Å². The van der Waals surface area contributed by atoms with E-state index in [9.17, 15) is 9.59 Å². The zero-order chi connectivity index (χ0) is 11.8. The molecule has 0 aromatic heterocycles. The van der Waals surface area contributed by atoms with Crippen molar-refractivity contribution >= 4 is 24.2 Å². The van der Waals surface area contributed by atoms with Crippen molar-refractivity contribution in [3.63, 3.8) is 0 Å². The van der Waals surface area contributed by atoms with Crippen molar-refractivity contribution < 1.29 is 14.3 Å². The normalized spacial score (nSPS) is 19.0. The van der Waals surface area contributed by atoms with Gasteiger partial charge in [-0.25, -0.2) is 0 Å². The molecule has 6 nitrogen and oxygen atoms in total. The maximum absolute atomic E-state index is 11.5. The number of hydrogen-bond acceptors (Lipinski definition) is 4. The van der Waals surface area contributed by atoms with E-state index in [0.717, 1.165) is 6.42 Å². The maximum atomic E-state index is 11.5. The van der Waals surface area contributed by atoms with E-state index in [1.165, 1.54) is 0 Å². The Hall–Kier alpha value is -0.850. The smallest absolute Gasteiger partial charge is 0.239 e. The van der Waals surface area contributed by atoms with Gasteiger partial charge in [0.25, 0.3) is 0 Å². The van der Waals surface area contributed by atoms with Crippen LogP contribution in [0.1, 0.15) is 13.3 Å². The molecule has 1 aliphatic rings. The van der Waals surface area contributed by atoms with E-state index in [-0.39, 0.29) is 36.8 Å². The Morgan fingerprint density at radius 2 is 2.18 bits per heavy atom. The van der Waals surface area contributed by atoms with Crippen LogP contribution in [0.3, 0.4) is 0 Å². The van der Waals surface area contributed by atoms with Crippen LogP contribution in [0, 0.1) is 0 Å². The van der Waals surface area contributed by atoms with Crippen molar-refractivity contribution in [3.05, 3.63) is 0 Å². The van der Waals surface area contributed by atoms with E-state index < -0.39 is 0 Å². The number of halogens is 1. The lowest BCUT2D eigenvalue weighted by atomic mass is 10.2. The van der Waals surface area contributed by atoms with Crippen molar-refractivity contribution in [2.45, 2.75) is 19.4 Å². The third-order valence-electron chi connectivity index (χ3n) is 2.23. The first-order valence-electron chi connectivity index (χ1n) is 5.59. The van der Waals surface area contributed by atoms with Crippen molar-refractivity contribution in [1.29, 1.82) is 0 Å². The number of rotatable bonds is 5. The molecule has 100 valence electrons. The molecule has 3 N–H and O–H groups in total. The number of nitrogens with one attached hydrogen (secondary N) is 3. The van der Waals surface area contributed by atoms with Gasteiger partial charge in [0.05, 0.1) is 19.8 Å². The molecule has 17 heavy (non-hydrogen) atoms. The molecule has 2 amide bonds. The topological polar surface area (TPSA) is 79.5 Å². The van der Waals surface area contributed by atoms with E-state index in [1.807, 2.05) is 6.92 Å². The average Bonchev–Trinajstić information content (AvgIpc) is 2.34. The van der Waals surface area contributed by atoms with E-state index in [0.29, 0.717) is 26.3 Å². The summed E-state index contributed by atoms with van der Waals surface area (Å²) in [5.74, 6) is -0.349. The summed E-state index contributed by atoms with van der Waals surface area (Å²) < 4.78 is 5.15. The first-order chi connectivity index (χ1) is 7.74. The second-order valence-electron chi connectivity index (χ2n) is 3.65. The lowest BCUT2D eigenvalue weighted by Gasteiger charge is -2.22. The first-order valence-corrected chi connectivity index (χ1v) is 5.59. The Bertz CT molecular complexity index is 245. The number of ether oxygens (including phenoxy) is 1. The van der Waals surface area contributed by atoms with Crippen LogP contribution < -0.4 is 16.0 Å². The largest absolute Gasteiger partial charge is 0.378 e. The summed E-state index contributed by atoms with van der Waals surface area (Å²) in [5.41, 5.74) is 0. The molecule has 0 bridgehead atoms. The number of carbonyl (C=O) groups excluding carboxylic acids is 2. The van der Waals surface area contributed by atoms with Gasteiger partial charge in [-0.1, -0.05) is 6.92 Å². The van der Waals surface area contributed by atoms with Crippen LogP contribution in [0.4, 0.5) is 0 Å². The van der Waals surface area contributed by atoms with Gasteiger partial charge in [0.1, 0.15) is 6.04 Å². The van der Waals surface area contributed by atoms with Crippen molar-refractivity contribution in [2.24, 2.45) is 0 Å². The molecule has 0 spiro atoms. The number of amides is 2. The molecule has 1 fully saturated rings. The zero-order valence-corrected chi connectivity index (χ0v) is 10.8. The SMILES string of the molecule is CCCNC(=O)CNC(=O)C1COCCN1.Cl. The molecule has 7 heteroatoms. The van der Waals surface area contributed by atoms with Crippen LogP contribution in [-0.2, 0) is 14.3 Å². The second kappa shape index (κ2) is 9.21. The van der Waals surface area contributed by atoms with Gasteiger partial charge in [-0.2, -0.15) is 0 Å². The lowest BCUT2D eigenvalue weighted by Crippen LogP contribution is -2.52.